The molecule has 0 saturated heterocycles. The van der Waals surface area contributed by atoms with Crippen molar-refractivity contribution < 1.29 is 14.5 Å². The second-order valence-electron chi connectivity index (χ2n) is 6.24. The first kappa shape index (κ1) is 18.2. The third-order valence-electron chi connectivity index (χ3n) is 4.23. The van der Waals surface area contributed by atoms with E-state index >= 15 is 0 Å². The molecule has 2 N–H and O–H groups in total. The Morgan fingerprint density at radius 1 is 1.07 bits per heavy atom. The molecule has 4 aromatic rings. The summed E-state index contributed by atoms with van der Waals surface area (Å²) in [5.41, 5.74) is 2.47. The number of imidazole rings is 1. The zero-order chi connectivity index (χ0) is 20.2. The van der Waals surface area contributed by atoms with Crippen molar-refractivity contribution in [2.24, 2.45) is 0 Å². The van der Waals surface area contributed by atoms with Gasteiger partial charge < -0.3 is 15.0 Å². The number of para-hydroxylation sites is 2. The molecule has 0 atom stereocenters. The van der Waals surface area contributed by atoms with Crippen LogP contribution < -0.4 is 10.1 Å². The highest BCUT2D eigenvalue weighted by Crippen LogP contribution is 2.30. The second kappa shape index (κ2) is 7.81. The fraction of sp³-hybridized carbons (Fsp3) is 0.0476. The maximum atomic E-state index is 12.2. The number of carbonyl (C=O) groups is 1. The molecule has 8 heteroatoms. The lowest BCUT2D eigenvalue weighted by Gasteiger charge is -2.10. The summed E-state index contributed by atoms with van der Waals surface area (Å²) in [7, 11) is 0. The van der Waals surface area contributed by atoms with Crippen molar-refractivity contribution >= 4 is 28.3 Å². The lowest BCUT2D eigenvalue weighted by Crippen LogP contribution is -2.20. The zero-order valence-electron chi connectivity index (χ0n) is 15.2. The lowest BCUT2D eigenvalue weighted by atomic mass is 10.2. The Labute approximate surface area is 165 Å². The quantitative estimate of drug-likeness (QED) is 0.381. The first-order valence-corrected chi connectivity index (χ1v) is 8.81. The number of nitrogens with one attached hydrogen (secondary N) is 2. The number of hydrogen-bond donors (Lipinski definition) is 2. The lowest BCUT2D eigenvalue weighted by molar-refractivity contribution is -0.384. The number of hydrogen-bond acceptors (Lipinski definition) is 5. The highest BCUT2D eigenvalue weighted by atomic mass is 16.6. The molecule has 0 bridgehead atoms. The van der Waals surface area contributed by atoms with Crippen LogP contribution in [-0.2, 0) is 4.79 Å². The SMILES string of the molecule is O=C(COc1ccccc1-c1nc2ccc([N+](=O)[O-])cc2[nH]1)Nc1ccccc1. The summed E-state index contributed by atoms with van der Waals surface area (Å²) in [5, 5.41) is 13.7. The topological polar surface area (TPSA) is 110 Å². The van der Waals surface area contributed by atoms with Crippen LogP contribution in [0.25, 0.3) is 22.4 Å². The van der Waals surface area contributed by atoms with Crippen LogP contribution in [0.2, 0.25) is 0 Å². The highest BCUT2D eigenvalue weighted by molar-refractivity contribution is 5.92. The molecular formula is C21H16N4O4. The molecule has 0 unspecified atom stereocenters. The Balaban J connectivity index is 1.54. The van der Waals surface area contributed by atoms with Gasteiger partial charge in [0.1, 0.15) is 11.6 Å². The summed E-state index contributed by atoms with van der Waals surface area (Å²) >= 11 is 0. The predicted molar refractivity (Wildman–Crippen MR) is 109 cm³/mol. The van der Waals surface area contributed by atoms with Gasteiger partial charge in [0.2, 0.25) is 0 Å². The molecule has 1 amide bonds. The molecule has 4 rings (SSSR count). The van der Waals surface area contributed by atoms with Gasteiger partial charge in [-0.1, -0.05) is 30.3 Å². The average molecular weight is 388 g/mol. The summed E-state index contributed by atoms with van der Waals surface area (Å²) in [6, 6.07) is 20.7. The molecule has 0 saturated carbocycles. The van der Waals surface area contributed by atoms with Crippen LogP contribution in [0, 0.1) is 10.1 Å². The Bertz CT molecular complexity index is 1190. The number of fused-ring (bicyclic) bond motifs is 1. The average Bonchev–Trinajstić information content (AvgIpc) is 3.16. The number of carbonyl (C=O) groups excluding carboxylic acids is 1. The van der Waals surface area contributed by atoms with E-state index in [-0.39, 0.29) is 18.2 Å². The van der Waals surface area contributed by atoms with Crippen LogP contribution >= 0.6 is 0 Å². The van der Waals surface area contributed by atoms with Gasteiger partial charge >= 0.3 is 0 Å². The van der Waals surface area contributed by atoms with Gasteiger partial charge in [0, 0.05) is 17.8 Å². The molecule has 1 aromatic heterocycles. The number of non-ortho nitro benzene ring substituents is 1. The number of rotatable bonds is 6. The number of nitro groups is 1. The van der Waals surface area contributed by atoms with Crippen molar-refractivity contribution in [1.29, 1.82) is 0 Å². The Morgan fingerprint density at radius 2 is 1.83 bits per heavy atom. The van der Waals surface area contributed by atoms with Crippen molar-refractivity contribution in [2.45, 2.75) is 0 Å². The fourth-order valence-corrected chi connectivity index (χ4v) is 2.89. The van der Waals surface area contributed by atoms with Crippen LogP contribution in [0.1, 0.15) is 0 Å². The van der Waals surface area contributed by atoms with Gasteiger partial charge in [0.05, 0.1) is 21.5 Å². The maximum Gasteiger partial charge on any atom is 0.271 e. The maximum absolute atomic E-state index is 12.2. The molecular weight excluding hydrogens is 372 g/mol. The van der Waals surface area contributed by atoms with Gasteiger partial charge in [-0.05, 0) is 30.3 Å². The molecule has 8 nitrogen and oxygen atoms in total. The van der Waals surface area contributed by atoms with Gasteiger partial charge in [-0.3, -0.25) is 14.9 Å². The fourth-order valence-electron chi connectivity index (χ4n) is 2.89. The highest BCUT2D eigenvalue weighted by Gasteiger charge is 2.14. The summed E-state index contributed by atoms with van der Waals surface area (Å²) in [6.45, 7) is -0.169. The number of nitro benzene ring substituents is 1. The minimum atomic E-state index is -0.456. The number of aromatic amines is 1. The summed E-state index contributed by atoms with van der Waals surface area (Å²) in [5.74, 6) is 0.690. The Hall–Kier alpha value is -4.20. The number of amides is 1. The molecule has 0 aliphatic heterocycles. The third kappa shape index (κ3) is 4.06. The van der Waals surface area contributed by atoms with Crippen LogP contribution in [0.4, 0.5) is 11.4 Å². The zero-order valence-corrected chi connectivity index (χ0v) is 15.2. The van der Waals surface area contributed by atoms with Gasteiger partial charge in [-0.2, -0.15) is 0 Å². The van der Waals surface area contributed by atoms with Crippen molar-refractivity contribution in [3.8, 4) is 17.1 Å². The monoisotopic (exact) mass is 388 g/mol. The van der Waals surface area contributed by atoms with Crippen LogP contribution in [-0.4, -0.2) is 27.4 Å². The number of nitrogens with zero attached hydrogens (tertiary/aromatic N) is 2. The standard InChI is InChI=1S/C21H16N4O4/c26-20(22-14-6-2-1-3-7-14)13-29-19-9-5-4-8-16(19)21-23-17-11-10-15(25(27)28)12-18(17)24-21/h1-12H,13H2,(H,22,26)(H,23,24). The van der Waals surface area contributed by atoms with E-state index in [1.807, 2.05) is 24.3 Å². The first-order valence-electron chi connectivity index (χ1n) is 8.81. The molecule has 3 aromatic carbocycles. The van der Waals surface area contributed by atoms with Gasteiger partial charge in [-0.15, -0.1) is 0 Å². The summed E-state index contributed by atoms with van der Waals surface area (Å²) in [6.07, 6.45) is 0. The number of ether oxygens (including phenoxy) is 1. The number of aromatic nitrogens is 2. The molecule has 0 aliphatic carbocycles. The molecule has 29 heavy (non-hydrogen) atoms. The molecule has 0 fully saturated rings. The minimum Gasteiger partial charge on any atom is -0.483 e. The molecule has 0 spiro atoms. The first-order chi connectivity index (χ1) is 14.1. The smallest absolute Gasteiger partial charge is 0.271 e. The third-order valence-corrected chi connectivity index (χ3v) is 4.23. The van der Waals surface area contributed by atoms with E-state index in [0.29, 0.717) is 33.9 Å². The molecule has 144 valence electrons. The van der Waals surface area contributed by atoms with E-state index in [1.165, 1.54) is 12.1 Å². The Kier molecular flexibility index (Phi) is 4.90. The van der Waals surface area contributed by atoms with Gasteiger partial charge in [0.15, 0.2) is 6.61 Å². The molecule has 1 heterocycles. The minimum absolute atomic E-state index is 0.0187. The van der Waals surface area contributed by atoms with Crippen molar-refractivity contribution in [1.82, 2.24) is 9.97 Å². The number of H-pyrrole nitrogens is 1. The number of benzene rings is 3. The van der Waals surface area contributed by atoms with E-state index < -0.39 is 4.92 Å². The number of anilines is 1. The summed E-state index contributed by atoms with van der Waals surface area (Å²) in [4.78, 5) is 30.2. The van der Waals surface area contributed by atoms with Crippen molar-refractivity contribution in [2.75, 3.05) is 11.9 Å². The normalized spacial score (nSPS) is 10.6. The summed E-state index contributed by atoms with van der Waals surface area (Å²) < 4.78 is 5.70. The predicted octanol–water partition coefficient (Wildman–Crippen LogP) is 4.16. The van der Waals surface area contributed by atoms with Gasteiger partial charge in [-0.25, -0.2) is 4.98 Å². The largest absolute Gasteiger partial charge is 0.483 e. The van der Waals surface area contributed by atoms with Gasteiger partial charge in [0.25, 0.3) is 11.6 Å². The van der Waals surface area contributed by atoms with E-state index in [0.717, 1.165) is 0 Å². The molecule has 0 radical (unpaired) electrons. The van der Waals surface area contributed by atoms with Crippen molar-refractivity contribution in [3.05, 3.63) is 82.9 Å². The van der Waals surface area contributed by atoms with Crippen LogP contribution in [0.3, 0.4) is 0 Å². The van der Waals surface area contributed by atoms with E-state index in [2.05, 4.69) is 15.3 Å². The Morgan fingerprint density at radius 3 is 2.62 bits per heavy atom. The molecule has 0 aliphatic rings. The van der Waals surface area contributed by atoms with Crippen LogP contribution in [0.5, 0.6) is 5.75 Å². The van der Waals surface area contributed by atoms with E-state index in [4.69, 9.17) is 4.74 Å². The van der Waals surface area contributed by atoms with E-state index in [9.17, 15) is 14.9 Å². The van der Waals surface area contributed by atoms with Crippen LogP contribution in [0.15, 0.2) is 72.8 Å². The second-order valence-corrected chi connectivity index (χ2v) is 6.24. The van der Waals surface area contributed by atoms with Crippen molar-refractivity contribution in [3.63, 3.8) is 0 Å². The van der Waals surface area contributed by atoms with E-state index in [1.54, 1.807) is 36.4 Å².